The van der Waals surface area contributed by atoms with E-state index in [4.69, 9.17) is 10.5 Å². The number of nitrogens with zero attached hydrogens (tertiary/aromatic N) is 7. The number of nitrogen functional groups attached to an aromatic ring is 1. The summed E-state index contributed by atoms with van der Waals surface area (Å²) in [5.41, 5.74) is 12.1. The van der Waals surface area contributed by atoms with Gasteiger partial charge in [-0.1, -0.05) is 24.3 Å². The van der Waals surface area contributed by atoms with Crippen molar-refractivity contribution in [2.24, 2.45) is 5.92 Å². The number of ether oxygens (including phenoxy) is 1. The Morgan fingerprint density at radius 3 is 2.26 bits per heavy atom. The fourth-order valence-corrected chi connectivity index (χ4v) is 9.53. The number of rotatable bonds is 9. The summed E-state index contributed by atoms with van der Waals surface area (Å²) in [4.78, 5) is 48.9. The number of nitrogens with two attached hydrogens (primary N) is 1. The average molecular weight is 786 g/mol. The van der Waals surface area contributed by atoms with Gasteiger partial charge in [0, 0.05) is 93.6 Å². The number of benzene rings is 3. The Kier molecular flexibility index (Phi) is 10.5. The number of phenols is 1. The second-order valence-electron chi connectivity index (χ2n) is 16.3. The first-order valence-corrected chi connectivity index (χ1v) is 20.7. The zero-order valence-corrected chi connectivity index (χ0v) is 32.7. The highest BCUT2D eigenvalue weighted by Crippen LogP contribution is 2.39. The van der Waals surface area contributed by atoms with Gasteiger partial charge < -0.3 is 35.2 Å². The van der Waals surface area contributed by atoms with Crippen LogP contribution in [0.4, 0.5) is 22.9 Å². The number of carbonyl (C=O) groups is 3. The lowest BCUT2D eigenvalue weighted by molar-refractivity contribution is -0.139. The number of hydrogen-bond acceptors (Lipinski definition) is 12. The van der Waals surface area contributed by atoms with E-state index < -0.39 is 6.10 Å². The molecule has 5 aliphatic rings. The van der Waals surface area contributed by atoms with Crippen LogP contribution in [0.25, 0.3) is 11.3 Å². The van der Waals surface area contributed by atoms with Crippen LogP contribution in [0.15, 0.2) is 78.9 Å². The van der Waals surface area contributed by atoms with Crippen molar-refractivity contribution in [1.82, 2.24) is 25.3 Å². The molecule has 5 saturated heterocycles. The van der Waals surface area contributed by atoms with Crippen molar-refractivity contribution >= 4 is 40.6 Å². The van der Waals surface area contributed by atoms with Crippen LogP contribution in [0, 0.1) is 5.92 Å². The summed E-state index contributed by atoms with van der Waals surface area (Å²) >= 11 is 0. The van der Waals surface area contributed by atoms with Crippen LogP contribution in [0.1, 0.15) is 44.1 Å². The molecule has 2 bridgehead atoms. The highest BCUT2D eigenvalue weighted by molar-refractivity contribution is 6.00. The Labute approximate surface area is 338 Å². The smallest absolute Gasteiger partial charge is 0.267 e. The van der Waals surface area contributed by atoms with E-state index in [1.165, 1.54) is 11.3 Å². The number of piperazine rings is 2. The first-order valence-electron chi connectivity index (χ1n) is 20.7. The van der Waals surface area contributed by atoms with Crippen molar-refractivity contribution in [3.63, 3.8) is 0 Å². The molecule has 3 aromatic carbocycles. The van der Waals surface area contributed by atoms with Gasteiger partial charge in [0.05, 0.1) is 11.4 Å². The summed E-state index contributed by atoms with van der Waals surface area (Å²) in [6.45, 7) is 7.28. The van der Waals surface area contributed by atoms with Gasteiger partial charge >= 0.3 is 0 Å². The Hall–Kier alpha value is -5.89. The molecule has 302 valence electrons. The Morgan fingerprint density at radius 1 is 0.793 bits per heavy atom. The normalized spacial score (nSPS) is 22.9. The van der Waals surface area contributed by atoms with Gasteiger partial charge in [-0.05, 0) is 98.9 Å². The monoisotopic (exact) mass is 785 g/mol. The number of aromatic hydroxyl groups is 1. The Morgan fingerprint density at radius 2 is 1.53 bits per heavy atom. The lowest BCUT2D eigenvalue weighted by Crippen LogP contribution is -2.54. The molecular weight excluding hydrogens is 735 g/mol. The van der Waals surface area contributed by atoms with E-state index in [2.05, 4.69) is 59.4 Å². The van der Waals surface area contributed by atoms with Crippen molar-refractivity contribution in [3.8, 4) is 22.8 Å². The molecule has 9 rings (SSSR count). The minimum atomic E-state index is -0.656. The van der Waals surface area contributed by atoms with Gasteiger partial charge in [-0.15, -0.1) is 10.2 Å². The lowest BCUT2D eigenvalue weighted by Gasteiger charge is -2.43. The number of phenolic OH excluding ortho intramolecular Hbond substituents is 1. The van der Waals surface area contributed by atoms with E-state index in [0.717, 1.165) is 82.9 Å². The molecule has 0 aliphatic carbocycles. The largest absolute Gasteiger partial charge is 0.507 e. The van der Waals surface area contributed by atoms with Gasteiger partial charge in [0.1, 0.15) is 11.5 Å². The summed E-state index contributed by atoms with van der Waals surface area (Å²) in [6, 6.07) is 26.5. The maximum Gasteiger partial charge on any atom is 0.267 e. The van der Waals surface area contributed by atoms with Crippen LogP contribution in [0.2, 0.25) is 0 Å². The molecule has 4 N–H and O–H groups in total. The number of anilines is 4. The zero-order chi connectivity index (χ0) is 39.8. The van der Waals surface area contributed by atoms with Crippen LogP contribution < -0.4 is 30.5 Å². The second kappa shape index (κ2) is 16.2. The summed E-state index contributed by atoms with van der Waals surface area (Å²) < 4.78 is 5.84. The van der Waals surface area contributed by atoms with Crippen LogP contribution >= 0.6 is 0 Å². The van der Waals surface area contributed by atoms with Crippen LogP contribution in [-0.2, 0) is 20.9 Å². The molecule has 5 fully saturated rings. The van der Waals surface area contributed by atoms with Gasteiger partial charge in [0.2, 0.25) is 11.8 Å². The lowest BCUT2D eigenvalue weighted by atomic mass is 9.94. The number of para-hydroxylation sites is 1. The predicted octanol–water partition coefficient (Wildman–Crippen LogP) is 4.03. The number of nitrogens with one attached hydrogen (secondary N) is 1. The van der Waals surface area contributed by atoms with Crippen LogP contribution in [0.3, 0.4) is 0 Å². The third-order valence-corrected chi connectivity index (χ3v) is 12.6. The highest BCUT2D eigenvalue weighted by Gasteiger charge is 2.41. The molecule has 3 atom stereocenters. The molecule has 3 amide bonds. The van der Waals surface area contributed by atoms with Gasteiger partial charge in [-0.3, -0.25) is 24.6 Å². The third kappa shape index (κ3) is 7.85. The van der Waals surface area contributed by atoms with E-state index in [-0.39, 0.29) is 35.8 Å². The molecule has 0 saturated carbocycles. The molecule has 6 heterocycles. The van der Waals surface area contributed by atoms with Crippen molar-refractivity contribution < 1.29 is 24.2 Å². The molecule has 4 aromatic rings. The number of piperidine rings is 2. The average Bonchev–Trinajstić information content (AvgIpc) is 3.51. The second-order valence-corrected chi connectivity index (χ2v) is 16.3. The minimum Gasteiger partial charge on any atom is -0.507 e. The molecule has 0 radical (unpaired) electrons. The van der Waals surface area contributed by atoms with Crippen LogP contribution in [-0.4, -0.2) is 113 Å². The molecule has 0 spiro atoms. The maximum absolute atomic E-state index is 13.6. The number of carbonyl (C=O) groups excluding carboxylic acids is 3. The number of hydrogen-bond donors (Lipinski definition) is 3. The van der Waals surface area contributed by atoms with E-state index >= 15 is 0 Å². The van der Waals surface area contributed by atoms with E-state index in [9.17, 15) is 19.5 Å². The number of amides is 3. The van der Waals surface area contributed by atoms with Gasteiger partial charge in [0.15, 0.2) is 11.9 Å². The van der Waals surface area contributed by atoms with Gasteiger partial charge in [-0.25, -0.2) is 0 Å². The molecular formula is C44H51N9O5. The first-order chi connectivity index (χ1) is 28.3. The van der Waals surface area contributed by atoms with Crippen molar-refractivity contribution in [2.45, 2.75) is 63.3 Å². The Balaban J connectivity index is 0.747. The Bertz CT molecular complexity index is 2140. The molecule has 14 nitrogen and oxygen atoms in total. The fourth-order valence-electron chi connectivity index (χ4n) is 9.53. The van der Waals surface area contributed by atoms with Gasteiger partial charge in [-0.2, -0.15) is 0 Å². The summed E-state index contributed by atoms with van der Waals surface area (Å²) in [5, 5.41) is 21.3. The zero-order valence-electron chi connectivity index (χ0n) is 32.7. The SMILES string of the molecule is Nc1nnc(-c2ccccc2O)cc1N1CC2CCC(C1)N2c1cccc(CN2CCC(C(=O)N3CCN(c4ccc(OC5CCC(=O)NC5=O)cc4)CC3)CC2)c1. The molecule has 14 heteroatoms. The molecule has 58 heavy (non-hydrogen) atoms. The standard InChI is InChI=1S/C44H51N9O5/c45-42-38(25-37(47-48-42)36-6-1-2-7-39(36)54)52-27-33-8-9-34(28-52)53(33)32-5-3-4-29(24-32)26-49-18-16-30(17-19-49)44(57)51-22-20-50(21-23-51)31-10-12-35(13-11-31)58-40-14-15-41(55)46-43(40)56/h1-7,10-13,24-25,30,33-34,40,54H,8-9,14-23,26-28H2,(H2,45,48)(H,46,55,56). The summed E-state index contributed by atoms with van der Waals surface area (Å²) in [7, 11) is 0. The van der Waals surface area contributed by atoms with E-state index in [1.807, 2.05) is 47.4 Å². The van der Waals surface area contributed by atoms with Crippen molar-refractivity contribution in [1.29, 1.82) is 0 Å². The van der Waals surface area contributed by atoms with Crippen molar-refractivity contribution in [2.75, 3.05) is 72.8 Å². The first kappa shape index (κ1) is 37.7. The van der Waals surface area contributed by atoms with E-state index in [1.54, 1.807) is 12.1 Å². The summed E-state index contributed by atoms with van der Waals surface area (Å²) in [6.07, 6.45) is 3.98. The fraction of sp³-hybridized carbons (Fsp3) is 0.432. The predicted molar refractivity (Wildman–Crippen MR) is 222 cm³/mol. The van der Waals surface area contributed by atoms with Crippen molar-refractivity contribution in [3.05, 3.63) is 84.4 Å². The number of likely N-dealkylation sites (tertiary alicyclic amines) is 1. The number of aromatic nitrogens is 2. The minimum absolute atomic E-state index is 0.0591. The quantitative estimate of drug-likeness (QED) is 0.210. The topological polar surface area (TPSA) is 161 Å². The summed E-state index contributed by atoms with van der Waals surface area (Å²) in [5.74, 6) is 0.866. The van der Waals surface area contributed by atoms with Crippen LogP contribution in [0.5, 0.6) is 11.5 Å². The number of fused-ring (bicyclic) bond motifs is 2. The third-order valence-electron chi connectivity index (χ3n) is 12.6. The molecule has 3 unspecified atom stereocenters. The molecule has 5 aliphatic heterocycles. The highest BCUT2D eigenvalue weighted by atomic mass is 16.5. The number of imide groups is 1. The maximum atomic E-state index is 13.6. The van der Waals surface area contributed by atoms with Gasteiger partial charge in [0.25, 0.3) is 5.91 Å². The van der Waals surface area contributed by atoms with E-state index in [0.29, 0.717) is 54.4 Å². The molecule has 1 aromatic heterocycles.